The van der Waals surface area contributed by atoms with E-state index in [1.165, 1.54) is 0 Å². The van der Waals surface area contributed by atoms with Crippen molar-refractivity contribution >= 4 is 23.0 Å². The summed E-state index contributed by atoms with van der Waals surface area (Å²) in [4.78, 5) is 0. The van der Waals surface area contributed by atoms with E-state index >= 15 is 0 Å². The fourth-order valence-corrected chi connectivity index (χ4v) is 4.69. The molecular weight excluding hydrogens is 549 g/mol. The molecule has 4 N–H and O–H groups in total. The maximum atomic E-state index is 12.8. The molecule has 0 aliphatic rings. The quantitative estimate of drug-likeness (QED) is 0.182. The Bertz CT molecular complexity index is 1530. The lowest BCUT2D eigenvalue weighted by atomic mass is 10.1. The highest BCUT2D eigenvalue weighted by Crippen LogP contribution is 2.32. The number of phenolic OH excluding ortho intramolecular Hbond substituents is 2. The highest BCUT2D eigenvalue weighted by Gasteiger charge is 2.30. The van der Waals surface area contributed by atoms with Crippen LogP contribution >= 0.6 is 11.6 Å². The van der Waals surface area contributed by atoms with Crippen LogP contribution in [-0.2, 0) is 19.3 Å². The molecule has 4 rings (SSSR count). The maximum absolute atomic E-state index is 12.8. The van der Waals surface area contributed by atoms with Gasteiger partial charge in [-0.3, -0.25) is 0 Å². The third-order valence-corrected chi connectivity index (χ3v) is 7.00. The zero-order chi connectivity index (χ0) is 30.5. The van der Waals surface area contributed by atoms with Crippen LogP contribution in [0.1, 0.15) is 50.1 Å². The van der Waals surface area contributed by atoms with E-state index in [9.17, 15) is 23.4 Å². The number of alkyl halides is 3. The monoisotopic (exact) mass is 584 g/mol. The van der Waals surface area contributed by atoms with Crippen molar-refractivity contribution in [2.24, 2.45) is 0 Å². The van der Waals surface area contributed by atoms with Gasteiger partial charge in [-0.05, 0) is 94.1 Å². The molecule has 0 unspecified atom stereocenters. The molecule has 4 aromatic rings. The maximum Gasteiger partial charge on any atom is 0.416 e. The van der Waals surface area contributed by atoms with Crippen molar-refractivity contribution in [2.75, 3.05) is 10.6 Å². The molecule has 0 atom stereocenters. The average molecular weight is 585 g/mol. The number of hydrogen-bond acceptors (Lipinski definition) is 4. The first-order valence-electron chi connectivity index (χ1n) is 13.1. The minimum absolute atomic E-state index is 0.168. The van der Waals surface area contributed by atoms with Gasteiger partial charge in [-0.25, -0.2) is 0 Å². The summed E-state index contributed by atoms with van der Waals surface area (Å²) in [7, 11) is 0. The fraction of sp³-hybridized carbons (Fsp3) is 0.273. The number of nitrogens with one attached hydrogen (secondary N) is 2. The zero-order valence-electron chi connectivity index (χ0n) is 24.1. The number of aromatic hydroxyl groups is 2. The number of rotatable bonds is 6. The molecule has 0 amide bonds. The smallest absolute Gasteiger partial charge is 0.416 e. The molecule has 4 nitrogen and oxygen atoms in total. The van der Waals surface area contributed by atoms with Crippen LogP contribution in [0.15, 0.2) is 60.7 Å². The average Bonchev–Trinajstić information content (AvgIpc) is 2.88. The van der Waals surface area contributed by atoms with Crippen LogP contribution in [0.25, 0.3) is 0 Å². The molecule has 0 aromatic heterocycles. The van der Waals surface area contributed by atoms with Gasteiger partial charge < -0.3 is 20.8 Å². The van der Waals surface area contributed by atoms with Crippen molar-refractivity contribution in [1.29, 1.82) is 0 Å². The largest absolute Gasteiger partial charge is 0.507 e. The summed E-state index contributed by atoms with van der Waals surface area (Å²) in [5.74, 6) is 0.526. The summed E-state index contributed by atoms with van der Waals surface area (Å²) in [5, 5.41) is 27.0. The predicted octanol–water partition coefficient (Wildman–Crippen LogP) is 9.53. The van der Waals surface area contributed by atoms with Crippen molar-refractivity contribution in [2.45, 2.75) is 60.8 Å². The number of anilines is 2. The predicted molar refractivity (Wildman–Crippen MR) is 162 cm³/mol. The summed E-state index contributed by atoms with van der Waals surface area (Å²) in [6.07, 6.45) is -4.37. The van der Waals surface area contributed by atoms with Crippen molar-refractivity contribution < 1.29 is 23.4 Å². The van der Waals surface area contributed by atoms with Gasteiger partial charge in [-0.2, -0.15) is 13.2 Å². The van der Waals surface area contributed by atoms with E-state index in [1.807, 2.05) is 70.2 Å². The SMILES string of the molecule is Cc1cc(C)c(O)c(CNc2ccc(C)c(Cl)c2)c1.Cc1cc(NCc2cc(C)cc(C)c2O)cc(C(F)(F)F)c1. The van der Waals surface area contributed by atoms with E-state index in [0.29, 0.717) is 29.1 Å². The molecule has 0 saturated heterocycles. The van der Waals surface area contributed by atoms with Gasteiger partial charge in [0, 0.05) is 40.6 Å². The van der Waals surface area contributed by atoms with Crippen LogP contribution in [0, 0.1) is 41.5 Å². The van der Waals surface area contributed by atoms with Gasteiger partial charge in [0.25, 0.3) is 0 Å². The first kappa shape index (κ1) is 31.7. The van der Waals surface area contributed by atoms with Crippen molar-refractivity contribution in [3.05, 3.63) is 116 Å². The molecule has 4 aromatic carbocycles. The Morgan fingerprint density at radius 2 is 1.10 bits per heavy atom. The standard InChI is InChI=1S/C17H18F3NO.C16H18ClNO/c1-10-4-12(3)16(22)13(5-10)9-21-15-7-11(2)6-14(8-15)17(18,19)20;1-10-6-12(3)16(19)13(7-10)9-18-14-5-4-11(2)15(17)8-14/h4-8,21-22H,9H2,1-3H3;4-8,18-19H,9H2,1-3H3. The van der Waals surface area contributed by atoms with Crippen molar-refractivity contribution in [3.63, 3.8) is 0 Å². The normalized spacial score (nSPS) is 11.1. The van der Waals surface area contributed by atoms with E-state index in [1.54, 1.807) is 19.9 Å². The van der Waals surface area contributed by atoms with Crippen LogP contribution in [0.3, 0.4) is 0 Å². The van der Waals surface area contributed by atoms with Gasteiger partial charge in [0.2, 0.25) is 0 Å². The topological polar surface area (TPSA) is 64.5 Å². The lowest BCUT2D eigenvalue weighted by Gasteiger charge is -2.14. The van der Waals surface area contributed by atoms with Gasteiger partial charge >= 0.3 is 6.18 Å². The van der Waals surface area contributed by atoms with E-state index in [4.69, 9.17) is 11.6 Å². The molecule has 0 aliphatic carbocycles. The van der Waals surface area contributed by atoms with Gasteiger partial charge in [-0.15, -0.1) is 0 Å². The Hall–Kier alpha value is -3.84. The minimum Gasteiger partial charge on any atom is -0.507 e. The lowest BCUT2D eigenvalue weighted by molar-refractivity contribution is -0.137. The van der Waals surface area contributed by atoms with Gasteiger partial charge in [0.05, 0.1) is 5.56 Å². The number of halogens is 4. The zero-order valence-corrected chi connectivity index (χ0v) is 24.8. The van der Waals surface area contributed by atoms with Gasteiger partial charge in [0.1, 0.15) is 11.5 Å². The summed E-state index contributed by atoms with van der Waals surface area (Å²) in [5.41, 5.74) is 7.59. The first-order valence-corrected chi connectivity index (χ1v) is 13.5. The number of phenols is 2. The van der Waals surface area contributed by atoms with Gasteiger partial charge in [-0.1, -0.05) is 53.1 Å². The highest BCUT2D eigenvalue weighted by molar-refractivity contribution is 6.31. The summed E-state index contributed by atoms with van der Waals surface area (Å²) in [6.45, 7) is 12.1. The van der Waals surface area contributed by atoms with Gasteiger partial charge in [0.15, 0.2) is 0 Å². The summed E-state index contributed by atoms with van der Waals surface area (Å²) < 4.78 is 38.4. The molecule has 218 valence electrons. The third kappa shape index (κ3) is 8.82. The highest BCUT2D eigenvalue weighted by atomic mass is 35.5. The minimum atomic E-state index is -4.37. The van der Waals surface area contributed by atoms with Crippen molar-refractivity contribution in [3.8, 4) is 11.5 Å². The van der Waals surface area contributed by atoms with E-state index in [-0.39, 0.29) is 12.3 Å². The van der Waals surface area contributed by atoms with E-state index < -0.39 is 11.7 Å². The second kappa shape index (κ2) is 13.2. The van der Waals surface area contributed by atoms with Crippen LogP contribution in [0.5, 0.6) is 11.5 Å². The number of aryl methyl sites for hydroxylation is 6. The second-order valence-corrected chi connectivity index (χ2v) is 10.8. The molecule has 0 heterocycles. The van der Waals surface area contributed by atoms with Crippen LogP contribution in [0.2, 0.25) is 5.02 Å². The van der Waals surface area contributed by atoms with E-state index in [0.717, 1.165) is 56.2 Å². The number of hydrogen-bond donors (Lipinski definition) is 4. The summed E-state index contributed by atoms with van der Waals surface area (Å²) >= 11 is 6.09. The summed E-state index contributed by atoms with van der Waals surface area (Å²) in [6, 6.07) is 17.3. The Balaban J connectivity index is 0.000000228. The molecule has 0 radical (unpaired) electrons. The Kier molecular flexibility index (Phi) is 10.2. The van der Waals surface area contributed by atoms with Crippen molar-refractivity contribution in [1.82, 2.24) is 0 Å². The Morgan fingerprint density at radius 1 is 0.610 bits per heavy atom. The second-order valence-electron chi connectivity index (χ2n) is 10.4. The Morgan fingerprint density at radius 3 is 1.59 bits per heavy atom. The molecule has 0 fully saturated rings. The molecular formula is C33H36ClF3N2O2. The number of benzene rings is 4. The lowest BCUT2D eigenvalue weighted by Crippen LogP contribution is -2.07. The third-order valence-electron chi connectivity index (χ3n) is 6.59. The van der Waals surface area contributed by atoms with Crippen LogP contribution < -0.4 is 10.6 Å². The van der Waals surface area contributed by atoms with Crippen LogP contribution in [0.4, 0.5) is 24.5 Å². The molecule has 8 heteroatoms. The molecule has 0 bridgehead atoms. The molecule has 0 spiro atoms. The molecule has 0 aliphatic heterocycles. The first-order chi connectivity index (χ1) is 19.1. The van der Waals surface area contributed by atoms with Crippen LogP contribution in [-0.4, -0.2) is 10.2 Å². The van der Waals surface area contributed by atoms with E-state index in [2.05, 4.69) is 10.6 Å². The molecule has 0 saturated carbocycles. The Labute approximate surface area is 244 Å². The molecule has 41 heavy (non-hydrogen) atoms. The fourth-order valence-electron chi connectivity index (χ4n) is 4.51.